The Morgan fingerprint density at radius 2 is 0.741 bits per heavy atom. The van der Waals surface area contributed by atoms with E-state index in [1.807, 2.05) is 110 Å². The Balaban J connectivity index is -0.0000000392. The predicted octanol–water partition coefficient (Wildman–Crippen LogP) is 30.7. The molecule has 0 saturated carbocycles. The maximum Gasteiger partial charge on any atom is 0.255 e. The normalized spacial score (nSPS) is 7.64. The van der Waals surface area contributed by atoms with Crippen LogP contribution in [0.25, 0.3) is 53.9 Å². The Morgan fingerprint density at radius 1 is 0.414 bits per heavy atom. The molecule has 24 heteroatoms. The Kier molecular flexibility index (Phi) is 168. The molecule has 7 aromatic carbocycles. The number of fused-ring (bicyclic) bond motifs is 5. The molecule has 0 bridgehead atoms. The Labute approximate surface area is 885 Å². The summed E-state index contributed by atoms with van der Waals surface area (Å²) >= 11 is 5.78. The first-order valence-corrected chi connectivity index (χ1v) is 32.0. The van der Waals surface area contributed by atoms with E-state index in [4.69, 9.17) is 11.6 Å². The maximum absolute atomic E-state index is 12.7. The van der Waals surface area contributed by atoms with Gasteiger partial charge in [-0.3, -0.25) is 24.5 Å². The van der Waals surface area contributed by atoms with Crippen molar-refractivity contribution in [3.63, 3.8) is 0 Å². The number of aryl methyl sites for hydroxylation is 1. The third kappa shape index (κ3) is 73.6. The van der Waals surface area contributed by atoms with Crippen molar-refractivity contribution in [3.8, 4) is 0 Å². The second-order valence-corrected chi connectivity index (χ2v) is 18.2. The number of carbonyl (C=O) groups excluding carboxylic acids is 1. The van der Waals surface area contributed by atoms with E-state index in [9.17, 15) is 45.5 Å². The number of hydrogen-bond acceptors (Lipinski definition) is 7. The summed E-state index contributed by atoms with van der Waals surface area (Å²) < 4.78 is 88.7. The van der Waals surface area contributed by atoms with Crippen LogP contribution in [-0.2, 0) is 229 Å². The first-order valence-electron chi connectivity index (χ1n) is 31.7. The van der Waals surface area contributed by atoms with Gasteiger partial charge in [-0.1, -0.05) is 187 Å². The van der Waals surface area contributed by atoms with Gasteiger partial charge >= 0.3 is 0 Å². The number of halogens is 8. The van der Waals surface area contributed by atoms with Crippen LogP contribution in [0.1, 0.15) is 184 Å². The summed E-state index contributed by atoms with van der Waals surface area (Å²) in [5.74, 6) is -1.24. The fourth-order valence-electron chi connectivity index (χ4n) is 7.23. The van der Waals surface area contributed by atoms with Gasteiger partial charge in [0, 0.05) is 317 Å². The third-order valence-electron chi connectivity index (χ3n) is 11.2. The fraction of sp³-hybridized carbons (Fsp3) is 0.283. The molecule has 0 saturated heterocycles. The minimum absolute atomic E-state index is 0. The molecular weight excluding hydrogens is 2030 g/mol. The summed E-state index contributed by atoms with van der Waals surface area (Å²) in [4.78, 5) is 39.8. The predicted molar refractivity (Wildman–Crippen MR) is 479 cm³/mol. The number of benzene rings is 7. The van der Waals surface area contributed by atoms with Gasteiger partial charge in [0.05, 0.1) is 0 Å². The van der Waals surface area contributed by atoms with E-state index in [2.05, 4.69) is 38.8 Å². The monoisotopic (exact) mass is 2170 g/mol. The second-order valence-electron chi connectivity index (χ2n) is 17.8. The number of aliphatic imine (C=N–C) groups is 1. The van der Waals surface area contributed by atoms with Crippen LogP contribution in [0.2, 0.25) is 5.15 Å². The van der Waals surface area contributed by atoms with Crippen LogP contribution in [0, 0.1) is 111 Å². The first kappa shape index (κ1) is 176. The average molecular weight is 2170 g/mol. The molecule has 0 aliphatic heterocycles. The molecule has 5 heterocycles. The number of nitrogens with one attached hydrogen (secondary N) is 1. The van der Waals surface area contributed by atoms with E-state index in [0.29, 0.717) is 38.4 Å². The van der Waals surface area contributed by atoms with Crippen molar-refractivity contribution < 1.29 is 269 Å². The molecule has 0 amide bonds. The number of pyridine rings is 5. The molecule has 12 rings (SSSR count). The summed E-state index contributed by atoms with van der Waals surface area (Å²) in [5.41, 5.74) is 2.19. The molecule has 0 unspecified atom stereocenters. The summed E-state index contributed by atoms with van der Waals surface area (Å²) in [7, 11) is 0. The average Bonchev–Trinajstić information content (AvgIpc) is 0.866. The topological polar surface area (TPSA) is 128 Å². The van der Waals surface area contributed by atoms with E-state index < -0.39 is 0 Å². The molecule has 641 valence electrons. The zero-order chi connectivity index (χ0) is 72.3. The first-order chi connectivity index (χ1) is 45.9. The summed E-state index contributed by atoms with van der Waals surface area (Å²) in [5, 5.41) is 19.1. The number of carbonyl (C=O) groups is 1. The van der Waals surface area contributed by atoms with E-state index in [0.717, 1.165) is 60.9 Å². The van der Waals surface area contributed by atoms with Gasteiger partial charge in [0.2, 0.25) is 0 Å². The van der Waals surface area contributed by atoms with Crippen LogP contribution in [0.4, 0.5) is 30.7 Å². The maximum atomic E-state index is 12.7. The quantitative estimate of drug-likeness (QED) is 0.0356. The van der Waals surface area contributed by atoms with Crippen molar-refractivity contribution in [3.05, 3.63) is 343 Å². The number of nitrogens with zero attached hydrogens (tertiary/aromatic N) is 5. The molecular formula is C92H141ClF7N6O3Y7-7. The Bertz CT molecular complexity index is 4020. The third-order valence-corrected chi connectivity index (χ3v) is 11.5. The van der Waals surface area contributed by atoms with Gasteiger partial charge in [0.15, 0.2) is 12.4 Å². The molecule has 9 nitrogen and oxygen atoms in total. The van der Waals surface area contributed by atoms with Gasteiger partial charge in [-0.15, -0.1) is 0 Å². The summed E-state index contributed by atoms with van der Waals surface area (Å²) in [6.45, 7) is 35.0. The zero-order valence-electron chi connectivity index (χ0n) is 68.7. The van der Waals surface area contributed by atoms with Crippen LogP contribution in [0.15, 0.2) is 223 Å². The van der Waals surface area contributed by atoms with Crippen LogP contribution in [0.3, 0.4) is 0 Å². The molecule has 0 fully saturated rings. The Hall–Kier alpha value is -1.94. The van der Waals surface area contributed by atoms with Crippen molar-refractivity contribution in [2.75, 3.05) is 6.54 Å². The van der Waals surface area contributed by atoms with Crippen molar-refractivity contribution in [2.45, 2.75) is 170 Å². The molecule has 12 aromatic rings. The second kappa shape index (κ2) is 111. The van der Waals surface area contributed by atoms with Crippen molar-refractivity contribution in [1.29, 1.82) is 0 Å². The molecule has 1 N–H and O–H groups in total. The Morgan fingerprint density at radius 3 is 1.16 bits per heavy atom. The number of aromatic nitrogens is 5. The van der Waals surface area contributed by atoms with E-state index in [-0.39, 0.29) is 379 Å². The number of aldehydes is 1. The molecule has 116 heavy (non-hydrogen) atoms. The van der Waals surface area contributed by atoms with Crippen molar-refractivity contribution >= 4 is 78.0 Å². The standard InChI is InChI=1S/C11H14FN.C10H8FN.C9H5ClFN.2C9H6FNO.C9H6FN.C7H5FO.7C2H6.7CH4.7CH3.7Y/c1-9(2)7-13-8-10-3-5-11(12)6-4-10;1-7-10-3-2-9(11)6-8(10)4-5-12-7;10-9-8-2-1-7(11)5-6(8)3-4-12-9;10-9-2-1-8-6-11(12)4-3-7(8)5-9;10-7-1-2-8-6(5-7)3-4-11-9(8)12;10-9-2-1-8-6-11-4-3-7(8)5-9;8-7-3-1-6(5-9)2-4-7;7*1-2;;;;;;;;;;;;;;;;;;;;;/h3-6,8-9H,7H2,1-2H3;2-6H,1H3;1-5H;1-6H;1-5H,(H,11,12);1-6H;1-5H;7*1-2H3;7*1H4;7*1H3;;;;;;;/q;;;;;;;;;;;;;;;;;;;;;7*-1;;;;;;;. The van der Waals surface area contributed by atoms with Crippen molar-refractivity contribution in [2.24, 2.45) is 10.9 Å². The minimum Gasteiger partial charge on any atom is -0.619 e. The molecule has 5 aromatic heterocycles. The minimum atomic E-state index is -0.326. The zero-order valence-corrected chi connectivity index (χ0v) is 89.3. The van der Waals surface area contributed by atoms with Crippen LogP contribution in [0.5, 0.6) is 0 Å². The largest absolute Gasteiger partial charge is 0.619 e. The van der Waals surface area contributed by atoms with Gasteiger partial charge in [0.25, 0.3) is 5.56 Å². The van der Waals surface area contributed by atoms with Gasteiger partial charge in [0.1, 0.15) is 52.2 Å². The van der Waals surface area contributed by atoms with Crippen molar-refractivity contribution in [1.82, 2.24) is 19.9 Å². The van der Waals surface area contributed by atoms with E-state index >= 15 is 0 Å². The van der Waals surface area contributed by atoms with Gasteiger partial charge in [-0.05, 0) is 197 Å². The molecule has 0 atom stereocenters. The smallest absolute Gasteiger partial charge is 0.255 e. The summed E-state index contributed by atoms with van der Waals surface area (Å²) in [6, 6.07) is 42.5. The summed E-state index contributed by atoms with van der Waals surface area (Å²) in [6.07, 6.45) is 13.3. The molecule has 0 spiro atoms. The number of hydrogen-bond donors (Lipinski definition) is 1. The fourth-order valence-corrected chi connectivity index (χ4v) is 7.46. The van der Waals surface area contributed by atoms with E-state index in [1.54, 1.807) is 91.7 Å². The molecule has 0 aliphatic rings. The van der Waals surface area contributed by atoms with Crippen LogP contribution in [-0.4, -0.2) is 39.0 Å². The molecule has 7 radical (unpaired) electrons. The SMILES string of the molecule is C.C.C.C.C.C.C.CC.CC.CC.CC.CC.CC.CC.CC(C)CN=Cc1ccc(F)cc1.Cc1nccc2cc(F)ccc12.Fc1ccc2c(Cl)nccc2c1.Fc1ccc2cnccc2c1.O=Cc1ccc(F)cc1.O=c1[nH]ccc2cc(F)ccc12.[CH3-].[CH3-].[CH3-].[CH3-].[CH3-].[CH3-].[CH3-].[O-][n+]1ccc2cc(F)ccc2c1.[Y].[Y].[Y].[Y].[Y].[Y].[Y]. The number of rotatable bonds is 4. The number of aromatic amines is 1. The molecule has 0 aliphatic carbocycles. The van der Waals surface area contributed by atoms with Gasteiger partial charge < -0.3 is 62.2 Å². The van der Waals surface area contributed by atoms with E-state index in [1.165, 1.54) is 122 Å². The van der Waals surface area contributed by atoms with Gasteiger partial charge in [-0.2, -0.15) is 4.73 Å². The van der Waals surface area contributed by atoms with Crippen LogP contribution < -0.4 is 10.3 Å². The van der Waals surface area contributed by atoms with Crippen LogP contribution >= 0.6 is 11.6 Å². The number of H-pyrrole nitrogens is 1. The van der Waals surface area contributed by atoms with Gasteiger partial charge in [-0.25, -0.2) is 35.7 Å².